The summed E-state index contributed by atoms with van der Waals surface area (Å²) in [5.74, 6) is 0. The van der Waals surface area contributed by atoms with Crippen molar-refractivity contribution in [3.05, 3.63) is 0 Å². The molecule has 0 rings (SSSR count). The molecule has 0 heterocycles. The fraction of sp³-hybridized carbons (Fsp3) is 1.00. The SMILES string of the molecule is COCC(C)(C)CCCCC(O)CCCCC(C)(C)CCO. The molecule has 3 heteroatoms. The van der Waals surface area contributed by atoms with E-state index in [2.05, 4.69) is 27.7 Å². The van der Waals surface area contributed by atoms with Gasteiger partial charge in [0.15, 0.2) is 0 Å². The Bertz CT molecular complexity index is 235. The quantitative estimate of drug-likeness (QED) is 0.462. The molecule has 0 spiro atoms. The number of unbranched alkanes of at least 4 members (excludes halogenated alkanes) is 2. The van der Waals surface area contributed by atoms with Crippen molar-refractivity contribution in [1.82, 2.24) is 0 Å². The maximum absolute atomic E-state index is 10.1. The van der Waals surface area contributed by atoms with Crippen molar-refractivity contribution in [3.8, 4) is 0 Å². The van der Waals surface area contributed by atoms with Crippen molar-refractivity contribution in [2.75, 3.05) is 20.3 Å². The van der Waals surface area contributed by atoms with E-state index in [4.69, 9.17) is 9.84 Å². The summed E-state index contributed by atoms with van der Waals surface area (Å²) in [4.78, 5) is 0. The number of methoxy groups -OCH3 is 1. The molecule has 0 bridgehead atoms. The van der Waals surface area contributed by atoms with Crippen LogP contribution in [0.2, 0.25) is 0 Å². The molecule has 1 atom stereocenters. The molecule has 1 unspecified atom stereocenters. The zero-order valence-electron chi connectivity index (χ0n) is 15.7. The highest BCUT2D eigenvalue weighted by atomic mass is 16.5. The second kappa shape index (κ2) is 11.4. The minimum absolute atomic E-state index is 0.147. The van der Waals surface area contributed by atoms with Crippen molar-refractivity contribution in [2.24, 2.45) is 10.8 Å². The van der Waals surface area contributed by atoms with E-state index < -0.39 is 0 Å². The molecule has 0 saturated carbocycles. The first-order valence-corrected chi connectivity index (χ1v) is 9.00. The molecular formula is C19H40O3. The van der Waals surface area contributed by atoms with E-state index in [0.717, 1.165) is 64.4 Å². The highest BCUT2D eigenvalue weighted by molar-refractivity contribution is 4.70. The molecule has 0 radical (unpaired) electrons. The van der Waals surface area contributed by atoms with E-state index in [1.807, 2.05) is 0 Å². The van der Waals surface area contributed by atoms with Crippen LogP contribution < -0.4 is 0 Å². The highest BCUT2D eigenvalue weighted by Crippen LogP contribution is 2.28. The Hall–Kier alpha value is -0.120. The summed E-state index contributed by atoms with van der Waals surface area (Å²) >= 11 is 0. The third-order valence-corrected chi connectivity index (χ3v) is 4.61. The number of ether oxygens (including phenoxy) is 1. The molecule has 0 amide bonds. The molecular weight excluding hydrogens is 276 g/mol. The van der Waals surface area contributed by atoms with Crippen LogP contribution in [0.3, 0.4) is 0 Å². The lowest BCUT2D eigenvalue weighted by atomic mass is 9.84. The third-order valence-electron chi connectivity index (χ3n) is 4.61. The van der Waals surface area contributed by atoms with Crippen molar-refractivity contribution >= 4 is 0 Å². The second-order valence-corrected chi connectivity index (χ2v) is 8.38. The van der Waals surface area contributed by atoms with Gasteiger partial charge in [-0.15, -0.1) is 0 Å². The Morgan fingerprint density at radius 1 is 0.818 bits per heavy atom. The van der Waals surface area contributed by atoms with Gasteiger partial charge in [0.2, 0.25) is 0 Å². The number of hydrogen-bond acceptors (Lipinski definition) is 3. The predicted molar refractivity (Wildman–Crippen MR) is 94.1 cm³/mol. The van der Waals surface area contributed by atoms with Crippen LogP contribution in [0.1, 0.15) is 85.5 Å². The van der Waals surface area contributed by atoms with Crippen LogP contribution in [0.25, 0.3) is 0 Å². The number of rotatable bonds is 14. The van der Waals surface area contributed by atoms with Gasteiger partial charge in [0, 0.05) is 13.7 Å². The van der Waals surface area contributed by atoms with Gasteiger partial charge in [-0.05, 0) is 42.9 Å². The molecule has 22 heavy (non-hydrogen) atoms. The minimum atomic E-state index is -0.147. The summed E-state index contributed by atoms with van der Waals surface area (Å²) in [6.45, 7) is 9.97. The Morgan fingerprint density at radius 3 is 1.77 bits per heavy atom. The molecule has 3 nitrogen and oxygen atoms in total. The van der Waals surface area contributed by atoms with Gasteiger partial charge in [-0.1, -0.05) is 53.4 Å². The Morgan fingerprint density at radius 2 is 1.32 bits per heavy atom. The van der Waals surface area contributed by atoms with Gasteiger partial charge in [0.1, 0.15) is 0 Å². The average molecular weight is 317 g/mol. The first-order valence-electron chi connectivity index (χ1n) is 9.00. The first-order chi connectivity index (χ1) is 10.2. The molecule has 0 aliphatic rings. The minimum Gasteiger partial charge on any atom is -0.396 e. The lowest BCUT2D eigenvalue weighted by Gasteiger charge is -2.24. The number of aliphatic hydroxyl groups excluding tert-OH is 2. The van der Waals surface area contributed by atoms with Gasteiger partial charge in [-0.3, -0.25) is 0 Å². The van der Waals surface area contributed by atoms with Gasteiger partial charge in [-0.25, -0.2) is 0 Å². The Balaban J connectivity index is 3.60. The van der Waals surface area contributed by atoms with Gasteiger partial charge < -0.3 is 14.9 Å². The van der Waals surface area contributed by atoms with Gasteiger partial charge >= 0.3 is 0 Å². The monoisotopic (exact) mass is 316 g/mol. The van der Waals surface area contributed by atoms with Gasteiger partial charge in [0.05, 0.1) is 12.7 Å². The number of aliphatic hydroxyl groups is 2. The maximum Gasteiger partial charge on any atom is 0.0540 e. The molecule has 2 N–H and O–H groups in total. The summed E-state index contributed by atoms with van der Waals surface area (Å²) in [6, 6.07) is 0. The van der Waals surface area contributed by atoms with E-state index in [-0.39, 0.29) is 23.5 Å². The predicted octanol–water partition coefficient (Wildman–Crippen LogP) is 4.55. The van der Waals surface area contributed by atoms with Crippen LogP contribution in [-0.4, -0.2) is 36.6 Å². The fourth-order valence-corrected chi connectivity index (χ4v) is 3.00. The molecule has 0 aliphatic carbocycles. The average Bonchev–Trinajstić information content (AvgIpc) is 2.40. The van der Waals surface area contributed by atoms with Crippen LogP contribution in [0.5, 0.6) is 0 Å². The topological polar surface area (TPSA) is 49.7 Å². The summed E-state index contributed by atoms with van der Waals surface area (Å²) in [6.07, 6.45) is 9.34. The summed E-state index contributed by atoms with van der Waals surface area (Å²) in [7, 11) is 1.76. The molecule has 0 aromatic heterocycles. The second-order valence-electron chi connectivity index (χ2n) is 8.38. The summed E-state index contributed by atoms with van der Waals surface area (Å²) in [5.41, 5.74) is 0.477. The molecule has 0 aromatic rings. The number of hydrogen-bond donors (Lipinski definition) is 2. The van der Waals surface area contributed by atoms with Gasteiger partial charge in [0.25, 0.3) is 0 Å². The van der Waals surface area contributed by atoms with Crippen LogP contribution >= 0.6 is 0 Å². The first kappa shape index (κ1) is 21.9. The summed E-state index contributed by atoms with van der Waals surface area (Å²) in [5, 5.41) is 19.1. The molecule has 0 aromatic carbocycles. The smallest absolute Gasteiger partial charge is 0.0540 e. The molecule has 0 aliphatic heterocycles. The van der Waals surface area contributed by atoms with Crippen LogP contribution in [0, 0.1) is 10.8 Å². The molecule has 0 fully saturated rings. The van der Waals surface area contributed by atoms with Crippen molar-refractivity contribution in [2.45, 2.75) is 91.6 Å². The maximum atomic E-state index is 10.1. The largest absolute Gasteiger partial charge is 0.396 e. The van der Waals surface area contributed by atoms with Crippen molar-refractivity contribution < 1.29 is 14.9 Å². The zero-order valence-corrected chi connectivity index (χ0v) is 15.7. The van der Waals surface area contributed by atoms with Crippen LogP contribution in [0.4, 0.5) is 0 Å². The zero-order chi connectivity index (χ0) is 17.1. The van der Waals surface area contributed by atoms with E-state index >= 15 is 0 Å². The Labute approximate surface area is 138 Å². The Kier molecular flexibility index (Phi) is 11.4. The van der Waals surface area contributed by atoms with E-state index in [9.17, 15) is 5.11 Å². The van der Waals surface area contributed by atoms with E-state index in [1.54, 1.807) is 7.11 Å². The standard InChI is InChI=1S/C19H40O3/c1-18(2,14-15-20)12-8-6-10-17(21)11-7-9-13-19(3,4)16-22-5/h17,20-21H,6-16H2,1-5H3. The summed E-state index contributed by atoms with van der Waals surface area (Å²) < 4.78 is 5.23. The van der Waals surface area contributed by atoms with Crippen molar-refractivity contribution in [1.29, 1.82) is 0 Å². The lowest BCUT2D eigenvalue weighted by Crippen LogP contribution is -2.18. The van der Waals surface area contributed by atoms with Crippen LogP contribution in [0.15, 0.2) is 0 Å². The lowest BCUT2D eigenvalue weighted by molar-refractivity contribution is 0.0936. The van der Waals surface area contributed by atoms with Gasteiger partial charge in [-0.2, -0.15) is 0 Å². The van der Waals surface area contributed by atoms with E-state index in [0.29, 0.717) is 0 Å². The molecule has 134 valence electrons. The normalized spacial score (nSPS) is 14.3. The van der Waals surface area contributed by atoms with Crippen LogP contribution in [-0.2, 0) is 4.74 Å². The third kappa shape index (κ3) is 12.4. The highest BCUT2D eigenvalue weighted by Gasteiger charge is 2.18. The van der Waals surface area contributed by atoms with Crippen molar-refractivity contribution in [3.63, 3.8) is 0 Å². The molecule has 0 saturated heterocycles. The van der Waals surface area contributed by atoms with E-state index in [1.165, 1.54) is 0 Å². The fourth-order valence-electron chi connectivity index (χ4n) is 3.00.